The van der Waals surface area contributed by atoms with Crippen LogP contribution in [-0.2, 0) is 6.18 Å². The molecule has 0 saturated carbocycles. The fourth-order valence-electron chi connectivity index (χ4n) is 3.93. The first-order valence-electron chi connectivity index (χ1n) is 10.8. The standard InChI is InChI=1S/C26H20F3N5O/c1-16-6-7-18(9-22(16)23-13-30-24-5-3-4-8-34(23)24)25(35)32-20-10-19(26(27,28)29)11-21(12-20)33-14-17(2)31-15-33/h3-15H,1-2H3,(H,32,35). The zero-order chi connectivity index (χ0) is 24.7. The first kappa shape index (κ1) is 22.4. The minimum atomic E-state index is -4.58. The van der Waals surface area contributed by atoms with Gasteiger partial charge in [-0.25, -0.2) is 9.97 Å². The number of hydrogen-bond acceptors (Lipinski definition) is 3. The summed E-state index contributed by atoms with van der Waals surface area (Å²) >= 11 is 0. The molecule has 0 atom stereocenters. The number of pyridine rings is 1. The van der Waals surface area contributed by atoms with Gasteiger partial charge in [0, 0.05) is 34.9 Å². The second-order valence-corrected chi connectivity index (χ2v) is 8.24. The fourth-order valence-corrected chi connectivity index (χ4v) is 3.93. The number of hydrogen-bond donors (Lipinski definition) is 1. The smallest absolute Gasteiger partial charge is 0.322 e. The molecule has 35 heavy (non-hydrogen) atoms. The normalized spacial score (nSPS) is 11.7. The van der Waals surface area contributed by atoms with Gasteiger partial charge in [0.25, 0.3) is 5.91 Å². The molecule has 0 radical (unpaired) electrons. The highest BCUT2D eigenvalue weighted by molar-refractivity contribution is 6.05. The number of carbonyl (C=O) groups is 1. The molecule has 5 aromatic rings. The Morgan fingerprint density at radius 2 is 1.83 bits per heavy atom. The molecule has 0 bridgehead atoms. The van der Waals surface area contributed by atoms with Gasteiger partial charge >= 0.3 is 6.18 Å². The van der Waals surface area contributed by atoms with E-state index in [-0.39, 0.29) is 11.4 Å². The van der Waals surface area contributed by atoms with Gasteiger partial charge in [0.2, 0.25) is 0 Å². The molecule has 0 spiro atoms. The summed E-state index contributed by atoms with van der Waals surface area (Å²) in [5.74, 6) is -0.521. The minimum absolute atomic E-state index is 0.0307. The van der Waals surface area contributed by atoms with Crippen LogP contribution in [0.15, 0.2) is 79.5 Å². The monoisotopic (exact) mass is 475 g/mol. The average molecular weight is 475 g/mol. The van der Waals surface area contributed by atoms with E-state index in [9.17, 15) is 18.0 Å². The van der Waals surface area contributed by atoms with Crippen LogP contribution in [0.2, 0.25) is 0 Å². The van der Waals surface area contributed by atoms with Gasteiger partial charge in [-0.05, 0) is 61.9 Å². The molecule has 2 aromatic carbocycles. The quantitative estimate of drug-likeness (QED) is 0.343. The van der Waals surface area contributed by atoms with Gasteiger partial charge in [0.15, 0.2) is 0 Å². The summed E-state index contributed by atoms with van der Waals surface area (Å²) in [4.78, 5) is 21.6. The number of rotatable bonds is 4. The number of aryl methyl sites for hydroxylation is 2. The maximum atomic E-state index is 13.6. The lowest BCUT2D eigenvalue weighted by molar-refractivity contribution is -0.137. The molecule has 3 aromatic heterocycles. The minimum Gasteiger partial charge on any atom is -0.322 e. The summed E-state index contributed by atoms with van der Waals surface area (Å²) in [5.41, 5.74) is 3.69. The molecule has 6 nitrogen and oxygen atoms in total. The van der Waals surface area contributed by atoms with Crippen molar-refractivity contribution in [2.75, 3.05) is 5.32 Å². The lowest BCUT2D eigenvalue weighted by atomic mass is 10.0. The third-order valence-corrected chi connectivity index (χ3v) is 5.71. The van der Waals surface area contributed by atoms with Gasteiger partial charge in [-0.1, -0.05) is 12.1 Å². The molecule has 0 aliphatic heterocycles. The highest BCUT2D eigenvalue weighted by atomic mass is 19.4. The number of nitrogens with zero attached hydrogens (tertiary/aromatic N) is 4. The Hall–Kier alpha value is -4.40. The predicted octanol–water partition coefficient (Wildman–Crippen LogP) is 6.07. The number of nitrogens with one attached hydrogen (secondary N) is 1. The molecular formula is C26H20F3N5O. The van der Waals surface area contributed by atoms with Gasteiger partial charge in [0.05, 0.1) is 29.5 Å². The van der Waals surface area contributed by atoms with Crippen LogP contribution < -0.4 is 5.32 Å². The van der Waals surface area contributed by atoms with Gasteiger partial charge in [-0.15, -0.1) is 0 Å². The first-order chi connectivity index (χ1) is 16.7. The molecule has 0 saturated heterocycles. The molecule has 5 rings (SSSR count). The van der Waals surface area contributed by atoms with Crippen molar-refractivity contribution >= 4 is 17.2 Å². The Labute approximate surface area is 198 Å². The highest BCUT2D eigenvalue weighted by Gasteiger charge is 2.31. The lowest BCUT2D eigenvalue weighted by Crippen LogP contribution is -2.14. The van der Waals surface area contributed by atoms with Crippen molar-refractivity contribution < 1.29 is 18.0 Å². The van der Waals surface area contributed by atoms with Crippen molar-refractivity contribution in [3.63, 3.8) is 0 Å². The number of carbonyl (C=O) groups excluding carboxylic acids is 1. The number of fused-ring (bicyclic) bond motifs is 1. The maximum absolute atomic E-state index is 13.6. The van der Waals surface area contributed by atoms with Crippen LogP contribution in [-0.4, -0.2) is 24.8 Å². The van der Waals surface area contributed by atoms with E-state index in [0.29, 0.717) is 11.3 Å². The Bertz CT molecular complexity index is 1570. The summed E-state index contributed by atoms with van der Waals surface area (Å²) in [6.07, 6.45) is 2.07. The van der Waals surface area contributed by atoms with Gasteiger partial charge in [-0.3, -0.25) is 9.20 Å². The third-order valence-electron chi connectivity index (χ3n) is 5.71. The van der Waals surface area contributed by atoms with Gasteiger partial charge in [-0.2, -0.15) is 13.2 Å². The van der Waals surface area contributed by atoms with E-state index in [1.165, 1.54) is 17.0 Å². The lowest BCUT2D eigenvalue weighted by Gasteiger charge is -2.14. The SMILES string of the molecule is Cc1cn(-c2cc(NC(=O)c3ccc(C)c(-c4cnc5ccccn45)c3)cc(C(F)(F)F)c2)cn1. The van der Waals surface area contributed by atoms with Crippen LogP contribution in [0, 0.1) is 13.8 Å². The largest absolute Gasteiger partial charge is 0.416 e. The van der Waals surface area contributed by atoms with E-state index >= 15 is 0 Å². The summed E-state index contributed by atoms with van der Waals surface area (Å²) in [5, 5.41) is 2.62. The molecule has 0 fully saturated rings. The van der Waals surface area contributed by atoms with Crippen LogP contribution in [0.1, 0.15) is 27.2 Å². The molecule has 0 unspecified atom stereocenters. The van der Waals surface area contributed by atoms with E-state index in [2.05, 4.69) is 15.3 Å². The van der Waals surface area contributed by atoms with Gasteiger partial charge < -0.3 is 9.88 Å². The van der Waals surface area contributed by atoms with Crippen molar-refractivity contribution in [2.45, 2.75) is 20.0 Å². The predicted molar refractivity (Wildman–Crippen MR) is 127 cm³/mol. The van der Waals surface area contributed by atoms with E-state index in [4.69, 9.17) is 0 Å². The van der Waals surface area contributed by atoms with Crippen molar-refractivity contribution in [3.8, 4) is 16.9 Å². The Kier molecular flexibility index (Phi) is 5.39. The molecule has 0 aliphatic carbocycles. The van der Waals surface area contributed by atoms with Crippen molar-refractivity contribution in [1.82, 2.24) is 18.9 Å². The van der Waals surface area contributed by atoms with Crippen molar-refractivity contribution in [1.29, 1.82) is 0 Å². The summed E-state index contributed by atoms with van der Waals surface area (Å²) in [6.45, 7) is 3.66. The average Bonchev–Trinajstić information content (AvgIpc) is 3.45. The van der Waals surface area contributed by atoms with E-state index in [1.54, 1.807) is 37.5 Å². The summed E-state index contributed by atoms with van der Waals surface area (Å²) in [7, 11) is 0. The zero-order valence-electron chi connectivity index (χ0n) is 18.8. The van der Waals surface area contributed by atoms with E-state index in [0.717, 1.165) is 34.6 Å². The first-order valence-corrected chi connectivity index (χ1v) is 10.8. The number of halogens is 3. The van der Waals surface area contributed by atoms with Crippen molar-refractivity contribution in [3.05, 3.63) is 102 Å². The number of alkyl halides is 3. The number of anilines is 1. The third kappa shape index (κ3) is 4.40. The Balaban J connectivity index is 1.51. The van der Waals surface area contributed by atoms with Crippen LogP contribution in [0.4, 0.5) is 18.9 Å². The molecule has 3 heterocycles. The maximum Gasteiger partial charge on any atom is 0.416 e. The second-order valence-electron chi connectivity index (χ2n) is 8.24. The Morgan fingerprint density at radius 3 is 2.57 bits per heavy atom. The van der Waals surface area contributed by atoms with Crippen LogP contribution in [0.5, 0.6) is 0 Å². The van der Waals surface area contributed by atoms with Crippen molar-refractivity contribution in [2.24, 2.45) is 0 Å². The Morgan fingerprint density at radius 1 is 1.00 bits per heavy atom. The van der Waals surface area contributed by atoms with Crippen LogP contribution in [0.3, 0.4) is 0 Å². The molecule has 0 aliphatic rings. The van der Waals surface area contributed by atoms with Crippen LogP contribution >= 0.6 is 0 Å². The van der Waals surface area contributed by atoms with E-state index < -0.39 is 17.6 Å². The van der Waals surface area contributed by atoms with Gasteiger partial charge in [0.1, 0.15) is 5.65 Å². The second kappa shape index (κ2) is 8.43. The van der Waals surface area contributed by atoms with Crippen LogP contribution in [0.25, 0.3) is 22.6 Å². The molecule has 1 N–H and O–H groups in total. The highest BCUT2D eigenvalue weighted by Crippen LogP contribution is 2.33. The number of aromatic nitrogens is 4. The fraction of sp³-hybridized carbons (Fsp3) is 0.115. The number of benzene rings is 2. The topological polar surface area (TPSA) is 64.2 Å². The zero-order valence-corrected chi connectivity index (χ0v) is 18.8. The molecular weight excluding hydrogens is 455 g/mol. The summed E-state index contributed by atoms with van der Waals surface area (Å²) < 4.78 is 44.1. The van der Waals surface area contributed by atoms with E-state index in [1.807, 2.05) is 35.7 Å². The molecule has 176 valence electrons. The summed E-state index contributed by atoms with van der Waals surface area (Å²) in [6, 6.07) is 14.2. The molecule has 9 heteroatoms. The molecule has 1 amide bonds. The number of imidazole rings is 2. The number of amides is 1.